The third-order valence-corrected chi connectivity index (χ3v) is 3.41. The van der Waals surface area contributed by atoms with Gasteiger partial charge in [0.25, 0.3) is 0 Å². The minimum Gasteiger partial charge on any atom is -0.387 e. The van der Waals surface area contributed by atoms with Crippen LogP contribution in [0.2, 0.25) is 0 Å². The standard InChI is InChI=1S/C15H16FNOS/c16-14-5-3-12(4-6-14)2-1-8-17-10-15(18)13-7-9-19-11-13/h1-7,9,11,15,17-18H,8,10H2/b2-1+. The van der Waals surface area contributed by atoms with E-state index in [9.17, 15) is 9.50 Å². The first-order valence-corrected chi connectivity index (χ1v) is 7.03. The molecule has 1 unspecified atom stereocenters. The van der Waals surface area contributed by atoms with E-state index >= 15 is 0 Å². The maximum atomic E-state index is 12.7. The number of halogens is 1. The highest BCUT2D eigenvalue weighted by Crippen LogP contribution is 2.14. The van der Waals surface area contributed by atoms with E-state index in [0.29, 0.717) is 13.1 Å². The molecule has 2 aromatic rings. The van der Waals surface area contributed by atoms with Crippen LogP contribution in [-0.2, 0) is 0 Å². The quantitative estimate of drug-likeness (QED) is 0.795. The molecule has 0 saturated heterocycles. The zero-order valence-electron chi connectivity index (χ0n) is 10.4. The van der Waals surface area contributed by atoms with Gasteiger partial charge in [-0.2, -0.15) is 11.3 Å². The van der Waals surface area contributed by atoms with Crippen LogP contribution >= 0.6 is 11.3 Å². The molecule has 1 heterocycles. The van der Waals surface area contributed by atoms with Crippen molar-refractivity contribution in [3.63, 3.8) is 0 Å². The van der Waals surface area contributed by atoms with Gasteiger partial charge in [0, 0.05) is 13.1 Å². The lowest BCUT2D eigenvalue weighted by molar-refractivity contribution is 0.177. The fourth-order valence-electron chi connectivity index (χ4n) is 1.65. The molecule has 0 aliphatic heterocycles. The Morgan fingerprint density at radius 1 is 1.26 bits per heavy atom. The molecular formula is C15H16FNOS. The van der Waals surface area contributed by atoms with E-state index in [4.69, 9.17) is 0 Å². The molecule has 0 fully saturated rings. The van der Waals surface area contributed by atoms with Crippen LogP contribution in [0.3, 0.4) is 0 Å². The summed E-state index contributed by atoms with van der Waals surface area (Å²) in [7, 11) is 0. The van der Waals surface area contributed by atoms with Crippen molar-refractivity contribution in [3.05, 3.63) is 64.1 Å². The largest absolute Gasteiger partial charge is 0.387 e. The topological polar surface area (TPSA) is 32.3 Å². The maximum Gasteiger partial charge on any atom is 0.123 e. The molecule has 1 atom stereocenters. The molecular weight excluding hydrogens is 261 g/mol. The van der Waals surface area contributed by atoms with Gasteiger partial charge >= 0.3 is 0 Å². The summed E-state index contributed by atoms with van der Waals surface area (Å²) in [5, 5.41) is 16.9. The van der Waals surface area contributed by atoms with Gasteiger partial charge in [0.2, 0.25) is 0 Å². The number of aliphatic hydroxyl groups excluding tert-OH is 1. The van der Waals surface area contributed by atoms with Crippen molar-refractivity contribution in [2.45, 2.75) is 6.10 Å². The summed E-state index contributed by atoms with van der Waals surface area (Å²) in [6, 6.07) is 8.25. The van der Waals surface area contributed by atoms with Crippen LogP contribution in [0.4, 0.5) is 4.39 Å². The van der Waals surface area contributed by atoms with Gasteiger partial charge in [-0.05, 0) is 40.1 Å². The van der Waals surface area contributed by atoms with Crippen molar-refractivity contribution in [2.24, 2.45) is 0 Å². The van der Waals surface area contributed by atoms with E-state index < -0.39 is 6.10 Å². The van der Waals surface area contributed by atoms with Gasteiger partial charge in [-0.1, -0.05) is 24.3 Å². The van der Waals surface area contributed by atoms with Crippen LogP contribution in [0.1, 0.15) is 17.2 Å². The van der Waals surface area contributed by atoms with E-state index in [0.717, 1.165) is 11.1 Å². The highest BCUT2D eigenvalue weighted by molar-refractivity contribution is 7.07. The van der Waals surface area contributed by atoms with Crippen LogP contribution in [0.25, 0.3) is 6.08 Å². The highest BCUT2D eigenvalue weighted by Gasteiger charge is 2.05. The second kappa shape index (κ2) is 7.19. The van der Waals surface area contributed by atoms with Crippen molar-refractivity contribution in [1.29, 1.82) is 0 Å². The van der Waals surface area contributed by atoms with Crippen LogP contribution in [-0.4, -0.2) is 18.2 Å². The smallest absolute Gasteiger partial charge is 0.123 e. The predicted molar refractivity (Wildman–Crippen MR) is 77.6 cm³/mol. The lowest BCUT2D eigenvalue weighted by atomic mass is 10.2. The number of thiophene rings is 1. The van der Waals surface area contributed by atoms with Crippen LogP contribution in [0.5, 0.6) is 0 Å². The Kier molecular flexibility index (Phi) is 5.27. The lowest BCUT2D eigenvalue weighted by Crippen LogP contribution is -2.21. The Morgan fingerprint density at radius 3 is 2.74 bits per heavy atom. The molecule has 1 aromatic carbocycles. The first kappa shape index (κ1) is 13.9. The van der Waals surface area contributed by atoms with Gasteiger partial charge < -0.3 is 10.4 Å². The SMILES string of the molecule is OC(CNC/C=C/c1ccc(F)cc1)c1ccsc1. The first-order valence-electron chi connectivity index (χ1n) is 6.08. The summed E-state index contributed by atoms with van der Waals surface area (Å²) < 4.78 is 12.7. The van der Waals surface area contributed by atoms with Gasteiger partial charge in [-0.25, -0.2) is 4.39 Å². The normalized spacial score (nSPS) is 12.9. The third kappa shape index (κ3) is 4.59. The molecule has 2 rings (SSSR count). The Labute approximate surface area is 116 Å². The number of rotatable bonds is 6. The molecule has 0 bridgehead atoms. The second-order valence-electron chi connectivity index (χ2n) is 4.18. The van der Waals surface area contributed by atoms with E-state index in [1.807, 2.05) is 29.0 Å². The molecule has 0 aliphatic rings. The maximum absolute atomic E-state index is 12.7. The molecule has 0 radical (unpaired) electrons. The number of benzene rings is 1. The molecule has 1 aromatic heterocycles. The fourth-order valence-corrected chi connectivity index (χ4v) is 2.36. The summed E-state index contributed by atoms with van der Waals surface area (Å²) in [6.45, 7) is 1.18. The van der Waals surface area contributed by atoms with Crippen molar-refractivity contribution >= 4 is 17.4 Å². The van der Waals surface area contributed by atoms with E-state index in [-0.39, 0.29) is 5.82 Å². The predicted octanol–water partition coefficient (Wildman–Crippen LogP) is 3.22. The van der Waals surface area contributed by atoms with E-state index in [1.165, 1.54) is 12.1 Å². The third-order valence-electron chi connectivity index (χ3n) is 2.71. The Hall–Kier alpha value is -1.49. The molecule has 0 amide bonds. The zero-order valence-corrected chi connectivity index (χ0v) is 11.2. The molecule has 4 heteroatoms. The summed E-state index contributed by atoms with van der Waals surface area (Å²) in [5.41, 5.74) is 1.90. The van der Waals surface area contributed by atoms with Crippen LogP contribution < -0.4 is 5.32 Å². The molecule has 19 heavy (non-hydrogen) atoms. The molecule has 0 spiro atoms. The lowest BCUT2D eigenvalue weighted by Gasteiger charge is -2.08. The second-order valence-corrected chi connectivity index (χ2v) is 4.96. The summed E-state index contributed by atoms with van der Waals surface area (Å²) >= 11 is 1.58. The average molecular weight is 277 g/mol. The van der Waals surface area contributed by atoms with Crippen molar-refractivity contribution in [1.82, 2.24) is 5.32 Å². The Bertz CT molecular complexity index is 507. The van der Waals surface area contributed by atoms with Gasteiger partial charge in [-0.3, -0.25) is 0 Å². The number of hydrogen-bond acceptors (Lipinski definition) is 3. The molecule has 100 valence electrons. The van der Waals surface area contributed by atoms with Crippen LogP contribution in [0.15, 0.2) is 47.2 Å². The zero-order chi connectivity index (χ0) is 13.5. The Morgan fingerprint density at radius 2 is 2.05 bits per heavy atom. The monoisotopic (exact) mass is 277 g/mol. The van der Waals surface area contributed by atoms with E-state index in [1.54, 1.807) is 23.5 Å². The van der Waals surface area contributed by atoms with Gasteiger partial charge in [0.1, 0.15) is 5.82 Å². The fraction of sp³-hybridized carbons (Fsp3) is 0.200. The highest BCUT2D eigenvalue weighted by atomic mass is 32.1. The minimum atomic E-state index is -0.467. The van der Waals surface area contributed by atoms with Gasteiger partial charge in [0.05, 0.1) is 6.10 Å². The van der Waals surface area contributed by atoms with Gasteiger partial charge in [-0.15, -0.1) is 0 Å². The molecule has 2 nitrogen and oxygen atoms in total. The summed E-state index contributed by atoms with van der Waals surface area (Å²) in [6.07, 6.45) is 3.40. The molecule has 0 aliphatic carbocycles. The van der Waals surface area contributed by atoms with Crippen molar-refractivity contribution in [2.75, 3.05) is 13.1 Å². The number of nitrogens with one attached hydrogen (secondary N) is 1. The summed E-state index contributed by atoms with van der Waals surface area (Å²) in [4.78, 5) is 0. The molecule has 0 saturated carbocycles. The average Bonchev–Trinajstić information content (AvgIpc) is 2.94. The Balaban J connectivity index is 1.70. The van der Waals surface area contributed by atoms with E-state index in [2.05, 4.69) is 5.32 Å². The molecule has 2 N–H and O–H groups in total. The van der Waals surface area contributed by atoms with Crippen molar-refractivity contribution in [3.8, 4) is 0 Å². The van der Waals surface area contributed by atoms with Gasteiger partial charge in [0.15, 0.2) is 0 Å². The minimum absolute atomic E-state index is 0.228. The number of hydrogen-bond donors (Lipinski definition) is 2. The first-order chi connectivity index (χ1) is 9.25. The van der Waals surface area contributed by atoms with Crippen LogP contribution in [0, 0.1) is 5.82 Å². The van der Waals surface area contributed by atoms with Crippen molar-refractivity contribution < 1.29 is 9.50 Å². The summed E-state index contributed by atoms with van der Waals surface area (Å²) in [5.74, 6) is -0.228. The number of aliphatic hydroxyl groups is 1.